The number of hydrogen-bond donors (Lipinski definition) is 1. The Labute approximate surface area is 106 Å². The number of ether oxygens (including phenoxy) is 2. The fourth-order valence-corrected chi connectivity index (χ4v) is 2.56. The molecule has 18 heavy (non-hydrogen) atoms. The maximum Gasteiger partial charge on any atom is 0.305 e. The summed E-state index contributed by atoms with van der Waals surface area (Å²) in [6.07, 6.45) is 6.22. The van der Waals surface area contributed by atoms with E-state index in [4.69, 9.17) is 14.6 Å². The molecule has 0 aromatic carbocycles. The maximum atomic E-state index is 11.5. The molecule has 5 nitrogen and oxygen atoms in total. The van der Waals surface area contributed by atoms with Crippen LogP contribution < -0.4 is 0 Å². The molecule has 0 bridgehead atoms. The number of esters is 1. The van der Waals surface area contributed by atoms with Gasteiger partial charge in [0.05, 0.1) is 6.10 Å². The molecule has 2 unspecified atom stereocenters. The van der Waals surface area contributed by atoms with Crippen LogP contribution in [0.5, 0.6) is 0 Å². The topological polar surface area (TPSA) is 76.1 Å². The van der Waals surface area contributed by atoms with Crippen molar-refractivity contribution in [3.63, 3.8) is 0 Å². The molecule has 2 fully saturated rings. The van der Waals surface area contributed by atoms with Gasteiger partial charge in [0.1, 0.15) is 12.2 Å². The number of carbonyl (C=O) groups is 2. The van der Waals surface area contributed by atoms with Crippen LogP contribution in [-0.2, 0) is 19.1 Å². The van der Waals surface area contributed by atoms with Gasteiger partial charge in [-0.15, -0.1) is 0 Å². The lowest BCUT2D eigenvalue weighted by molar-refractivity contribution is -0.146. The summed E-state index contributed by atoms with van der Waals surface area (Å²) in [4.78, 5) is 21.8. The number of carbonyl (C=O) groups excluding carboxylic acids is 1. The van der Waals surface area contributed by atoms with Crippen molar-refractivity contribution < 1.29 is 24.2 Å². The van der Waals surface area contributed by atoms with Crippen LogP contribution in [0.25, 0.3) is 0 Å². The molecule has 1 saturated heterocycles. The van der Waals surface area contributed by atoms with Gasteiger partial charge in [-0.25, -0.2) is 0 Å². The lowest BCUT2D eigenvalue weighted by atomic mass is 9.90. The number of carboxylic acids is 1. The Hall–Kier alpha value is -1.10. The molecule has 102 valence electrons. The minimum atomic E-state index is -0.821. The minimum Gasteiger partial charge on any atom is -0.481 e. The van der Waals surface area contributed by atoms with Crippen molar-refractivity contribution in [2.45, 2.75) is 63.1 Å². The molecule has 2 rings (SSSR count). The van der Waals surface area contributed by atoms with Crippen LogP contribution in [0.3, 0.4) is 0 Å². The number of unbranched alkanes of at least 4 members (excludes halogenated alkanes) is 1. The average molecular weight is 256 g/mol. The summed E-state index contributed by atoms with van der Waals surface area (Å²) in [6, 6.07) is 0. The second-order valence-electron chi connectivity index (χ2n) is 5.18. The molecule has 2 atom stereocenters. The number of hydrogen-bond acceptors (Lipinski definition) is 4. The molecule has 1 aliphatic carbocycles. The summed E-state index contributed by atoms with van der Waals surface area (Å²) in [6.45, 7) is 0.370. The molecule has 2 aliphatic rings. The molecule has 1 N–H and O–H groups in total. The summed E-state index contributed by atoms with van der Waals surface area (Å²) in [5.41, 5.74) is -0.172. The third-order valence-corrected chi connectivity index (χ3v) is 3.72. The first-order chi connectivity index (χ1) is 8.62. The van der Waals surface area contributed by atoms with Crippen molar-refractivity contribution in [2.24, 2.45) is 0 Å². The highest BCUT2D eigenvalue weighted by Crippen LogP contribution is 2.47. The zero-order chi connectivity index (χ0) is 13.0. The van der Waals surface area contributed by atoms with Crippen LogP contribution in [0.15, 0.2) is 0 Å². The van der Waals surface area contributed by atoms with Crippen molar-refractivity contribution in [1.82, 2.24) is 0 Å². The summed E-state index contributed by atoms with van der Waals surface area (Å²) in [5, 5.41) is 8.46. The monoisotopic (exact) mass is 256 g/mol. The number of epoxide rings is 1. The Morgan fingerprint density at radius 2 is 2.06 bits per heavy atom. The highest BCUT2D eigenvalue weighted by molar-refractivity contribution is 5.69. The lowest BCUT2D eigenvalue weighted by Gasteiger charge is -2.16. The highest BCUT2D eigenvalue weighted by Gasteiger charge is 2.57. The van der Waals surface area contributed by atoms with Crippen LogP contribution in [-0.4, -0.2) is 35.4 Å². The van der Waals surface area contributed by atoms with Gasteiger partial charge in [-0.1, -0.05) is 12.8 Å². The van der Waals surface area contributed by atoms with E-state index in [9.17, 15) is 9.59 Å². The van der Waals surface area contributed by atoms with Crippen LogP contribution in [0.1, 0.15) is 51.4 Å². The fraction of sp³-hybridized carbons (Fsp3) is 0.846. The van der Waals surface area contributed by atoms with Gasteiger partial charge in [0.2, 0.25) is 0 Å². The van der Waals surface area contributed by atoms with Gasteiger partial charge in [0.25, 0.3) is 0 Å². The van der Waals surface area contributed by atoms with Crippen LogP contribution in [0, 0.1) is 0 Å². The summed E-state index contributed by atoms with van der Waals surface area (Å²) < 4.78 is 10.8. The molecule has 0 aromatic heterocycles. The fourth-order valence-electron chi connectivity index (χ4n) is 2.56. The van der Waals surface area contributed by atoms with E-state index < -0.39 is 5.97 Å². The Morgan fingerprint density at radius 1 is 1.28 bits per heavy atom. The van der Waals surface area contributed by atoms with E-state index in [2.05, 4.69) is 0 Å². The van der Waals surface area contributed by atoms with Crippen LogP contribution in [0.2, 0.25) is 0 Å². The maximum absolute atomic E-state index is 11.5. The highest BCUT2D eigenvalue weighted by atomic mass is 16.6. The largest absolute Gasteiger partial charge is 0.481 e. The smallest absolute Gasteiger partial charge is 0.305 e. The van der Waals surface area contributed by atoms with E-state index in [1.54, 1.807) is 0 Å². The summed E-state index contributed by atoms with van der Waals surface area (Å²) in [5.74, 6) is -1.06. The van der Waals surface area contributed by atoms with E-state index in [1.807, 2.05) is 0 Å². The lowest BCUT2D eigenvalue weighted by Crippen LogP contribution is -2.27. The molecule has 1 heterocycles. The van der Waals surface area contributed by atoms with E-state index in [1.165, 1.54) is 6.42 Å². The number of fused-ring (bicyclic) bond motifs is 1. The Balaban J connectivity index is 1.56. The molecule has 5 heteroatoms. The first-order valence-corrected chi connectivity index (χ1v) is 6.68. The zero-order valence-corrected chi connectivity index (χ0v) is 10.5. The normalized spacial score (nSPS) is 29.4. The third-order valence-electron chi connectivity index (χ3n) is 3.72. The second-order valence-corrected chi connectivity index (χ2v) is 5.18. The quantitative estimate of drug-likeness (QED) is 0.427. The van der Waals surface area contributed by atoms with Gasteiger partial charge in [0.15, 0.2) is 0 Å². The zero-order valence-electron chi connectivity index (χ0n) is 10.5. The number of rotatable bonds is 7. The Morgan fingerprint density at radius 3 is 2.78 bits per heavy atom. The van der Waals surface area contributed by atoms with Gasteiger partial charge in [-0.2, -0.15) is 0 Å². The molecule has 1 aliphatic heterocycles. The predicted octanol–water partition coefficient (Wildman–Crippen LogP) is 1.89. The van der Waals surface area contributed by atoms with E-state index in [0.717, 1.165) is 19.3 Å². The Bertz CT molecular complexity index is 327. The third kappa shape index (κ3) is 3.45. The van der Waals surface area contributed by atoms with Gasteiger partial charge in [0, 0.05) is 12.8 Å². The van der Waals surface area contributed by atoms with Crippen LogP contribution in [0.4, 0.5) is 0 Å². The van der Waals surface area contributed by atoms with Crippen molar-refractivity contribution in [3.8, 4) is 0 Å². The molecule has 0 spiro atoms. The van der Waals surface area contributed by atoms with E-state index >= 15 is 0 Å². The predicted molar refractivity (Wildman–Crippen MR) is 63.1 cm³/mol. The van der Waals surface area contributed by atoms with Crippen molar-refractivity contribution in [2.75, 3.05) is 6.61 Å². The Kier molecular flexibility index (Phi) is 4.22. The minimum absolute atomic E-state index is 0.113. The molecule has 0 amide bonds. The van der Waals surface area contributed by atoms with Crippen LogP contribution >= 0.6 is 0 Å². The van der Waals surface area contributed by atoms with Crippen molar-refractivity contribution in [3.05, 3.63) is 0 Å². The first-order valence-electron chi connectivity index (χ1n) is 6.68. The summed E-state index contributed by atoms with van der Waals surface area (Å²) >= 11 is 0. The van der Waals surface area contributed by atoms with Crippen molar-refractivity contribution >= 4 is 11.9 Å². The first kappa shape index (κ1) is 13.3. The molecular formula is C13H20O5. The van der Waals surface area contributed by atoms with E-state index in [-0.39, 0.29) is 18.0 Å². The molecule has 0 radical (unpaired) electrons. The van der Waals surface area contributed by atoms with Gasteiger partial charge < -0.3 is 14.6 Å². The number of aliphatic carboxylic acids is 1. The van der Waals surface area contributed by atoms with Crippen molar-refractivity contribution in [1.29, 1.82) is 0 Å². The molecule has 1 saturated carbocycles. The standard InChI is InChI=1S/C13H20O5/c14-11(15)6-1-2-7-12(16)17-9-13-8-4-3-5-10(13)18-13/h10H,1-9H2,(H,14,15). The molecule has 0 aromatic rings. The van der Waals surface area contributed by atoms with Gasteiger partial charge in [-0.05, 0) is 25.7 Å². The average Bonchev–Trinajstić information content (AvgIpc) is 3.07. The second kappa shape index (κ2) is 5.69. The SMILES string of the molecule is O=C(O)CCCCC(=O)OCC12CCCCC1O2. The van der Waals surface area contributed by atoms with E-state index in [0.29, 0.717) is 32.0 Å². The molecular weight excluding hydrogens is 236 g/mol. The van der Waals surface area contributed by atoms with Gasteiger partial charge >= 0.3 is 11.9 Å². The number of carboxylic acid groups (broad SMARTS) is 1. The summed E-state index contributed by atoms with van der Waals surface area (Å²) in [7, 11) is 0. The van der Waals surface area contributed by atoms with Gasteiger partial charge in [-0.3, -0.25) is 9.59 Å².